The number of piperazine rings is 1. The number of nitrogens with two attached hydrogens (primary N) is 1. The number of likely N-dealkylation sites (tertiary alicyclic amines) is 1. The van der Waals surface area contributed by atoms with Crippen molar-refractivity contribution < 1.29 is 19.2 Å². The molecule has 0 radical (unpaired) electrons. The fourth-order valence-electron chi connectivity index (χ4n) is 6.01. The molecule has 3 heterocycles. The Kier molecular flexibility index (Phi) is 9.68. The molecule has 12 nitrogen and oxygen atoms in total. The molecule has 0 spiro atoms. The molecule has 4 aromatic rings. The van der Waals surface area contributed by atoms with E-state index in [0.29, 0.717) is 40.6 Å². The summed E-state index contributed by atoms with van der Waals surface area (Å²) in [5.41, 5.74) is 7.57. The number of carbonyl (C=O) groups is 2. The fourth-order valence-corrected chi connectivity index (χ4v) is 6.30. The highest BCUT2D eigenvalue weighted by Crippen LogP contribution is 2.33. The van der Waals surface area contributed by atoms with Crippen molar-refractivity contribution in [2.75, 3.05) is 55.8 Å². The van der Waals surface area contributed by atoms with Crippen molar-refractivity contribution in [3.63, 3.8) is 0 Å². The molecule has 2 aliphatic heterocycles. The lowest BCUT2D eigenvalue weighted by molar-refractivity contribution is -0.140. The van der Waals surface area contributed by atoms with Crippen molar-refractivity contribution in [3.05, 3.63) is 83.0 Å². The average molecular weight is 655 g/mol. The van der Waals surface area contributed by atoms with Gasteiger partial charge in [0.1, 0.15) is 12.3 Å². The van der Waals surface area contributed by atoms with Crippen molar-refractivity contribution in [2.45, 2.75) is 31.3 Å². The highest BCUT2D eigenvalue weighted by Gasteiger charge is 2.33. The van der Waals surface area contributed by atoms with Gasteiger partial charge in [0.15, 0.2) is 11.5 Å². The van der Waals surface area contributed by atoms with E-state index in [0.717, 1.165) is 24.8 Å². The van der Waals surface area contributed by atoms with Gasteiger partial charge in [0.2, 0.25) is 0 Å². The molecule has 0 unspecified atom stereocenters. The fraction of sp³-hybridized carbons (Fsp3) is 0.324. The predicted octanol–water partition coefficient (Wildman–Crippen LogP) is 4.77. The van der Waals surface area contributed by atoms with E-state index in [1.165, 1.54) is 5.06 Å². The van der Waals surface area contributed by atoms with Crippen LogP contribution < -0.4 is 20.7 Å². The summed E-state index contributed by atoms with van der Waals surface area (Å²) in [7, 11) is 2.05. The molecule has 1 aromatic heterocycles. The van der Waals surface area contributed by atoms with Crippen molar-refractivity contribution >= 4 is 51.4 Å². The van der Waals surface area contributed by atoms with Gasteiger partial charge < -0.3 is 30.4 Å². The van der Waals surface area contributed by atoms with Crippen LogP contribution in [0.5, 0.6) is 6.01 Å². The maximum Gasteiger partial charge on any atom is 0.357 e. The maximum atomic E-state index is 13.8. The molecule has 2 aliphatic rings. The topological polar surface area (TPSA) is 150 Å². The molecule has 0 bridgehead atoms. The smallest absolute Gasteiger partial charge is 0.357 e. The Hall–Kier alpha value is -4.96. The van der Waals surface area contributed by atoms with Crippen LogP contribution in [0.3, 0.4) is 0 Å². The lowest BCUT2D eigenvalue weighted by atomic mass is 10.1. The molecule has 3 aromatic carbocycles. The van der Waals surface area contributed by atoms with Gasteiger partial charge >= 0.3 is 12.0 Å². The van der Waals surface area contributed by atoms with Crippen LogP contribution in [0.15, 0.2) is 66.7 Å². The number of carbonyl (C=O) groups excluding carboxylic acids is 2. The Morgan fingerprint density at radius 3 is 2.57 bits per heavy atom. The molecule has 242 valence electrons. The summed E-state index contributed by atoms with van der Waals surface area (Å²) in [6.45, 7) is 2.19. The van der Waals surface area contributed by atoms with Crippen LogP contribution in [0.1, 0.15) is 40.1 Å². The zero-order chi connectivity index (χ0) is 32.9. The number of nitrogens with one attached hydrogen (secondary N) is 1. The number of nitriles is 1. The maximum absolute atomic E-state index is 13.8. The highest BCUT2D eigenvalue weighted by molar-refractivity contribution is 6.37. The molecule has 3 N–H and O–H groups in total. The normalized spacial score (nSPS) is 18.5. The first kappa shape index (κ1) is 32.0. The Bertz CT molecular complexity index is 1810. The average Bonchev–Trinajstić information content (AvgIpc) is 3.50. The number of hydroxylamine groups is 2. The van der Waals surface area contributed by atoms with Gasteiger partial charge in [-0.1, -0.05) is 54.1 Å². The van der Waals surface area contributed by atoms with E-state index < -0.39 is 17.9 Å². The molecule has 2 saturated heterocycles. The second kappa shape index (κ2) is 14.2. The number of anilines is 3. The van der Waals surface area contributed by atoms with E-state index in [1.54, 1.807) is 36.4 Å². The van der Waals surface area contributed by atoms with Crippen LogP contribution in [-0.2, 0) is 4.84 Å². The van der Waals surface area contributed by atoms with E-state index in [4.69, 9.17) is 26.9 Å². The lowest BCUT2D eigenvalue weighted by Crippen LogP contribution is -2.54. The molecule has 0 saturated carbocycles. The minimum absolute atomic E-state index is 0.0189. The highest BCUT2D eigenvalue weighted by atomic mass is 35.5. The van der Waals surface area contributed by atoms with Crippen molar-refractivity contribution in [1.82, 2.24) is 19.9 Å². The quantitative estimate of drug-likeness (QED) is 0.257. The van der Waals surface area contributed by atoms with E-state index in [2.05, 4.69) is 26.3 Å². The van der Waals surface area contributed by atoms with Gasteiger partial charge in [-0.2, -0.15) is 15.2 Å². The molecule has 0 aliphatic carbocycles. The van der Waals surface area contributed by atoms with Gasteiger partial charge in [0.25, 0.3) is 5.91 Å². The van der Waals surface area contributed by atoms with Crippen LogP contribution in [0.25, 0.3) is 10.8 Å². The zero-order valence-corrected chi connectivity index (χ0v) is 26.7. The number of amides is 1. The molecule has 13 heteroatoms. The summed E-state index contributed by atoms with van der Waals surface area (Å²) in [4.78, 5) is 45.6. The number of nitrogens with zero attached hydrogens (tertiary/aromatic N) is 6. The first-order valence-electron chi connectivity index (χ1n) is 15.5. The number of hydrogen-bond acceptors (Lipinski definition) is 11. The minimum atomic E-state index is -0.551. The lowest BCUT2D eigenvalue weighted by Gasteiger charge is -2.39. The first-order chi connectivity index (χ1) is 22.8. The second-order valence-electron chi connectivity index (χ2n) is 11.6. The third-order valence-corrected chi connectivity index (χ3v) is 8.88. The Morgan fingerprint density at radius 1 is 1.04 bits per heavy atom. The van der Waals surface area contributed by atoms with Crippen LogP contribution in [0.4, 0.5) is 17.2 Å². The number of halogens is 1. The van der Waals surface area contributed by atoms with E-state index in [1.807, 2.05) is 42.3 Å². The molecular weight excluding hydrogens is 620 g/mol. The number of aromatic nitrogens is 2. The summed E-state index contributed by atoms with van der Waals surface area (Å²) in [6, 6.07) is 21.6. The third-order valence-electron chi connectivity index (χ3n) is 8.56. The summed E-state index contributed by atoms with van der Waals surface area (Å²) in [5.74, 6) is -0.762. The zero-order valence-electron chi connectivity index (χ0n) is 25.9. The minimum Gasteiger partial charge on any atom is -0.462 e. The van der Waals surface area contributed by atoms with Crippen LogP contribution >= 0.6 is 11.6 Å². The van der Waals surface area contributed by atoms with Gasteiger partial charge in [-0.25, -0.2) is 4.79 Å². The summed E-state index contributed by atoms with van der Waals surface area (Å²) >= 11 is 6.52. The van der Waals surface area contributed by atoms with E-state index in [9.17, 15) is 14.9 Å². The van der Waals surface area contributed by atoms with Gasteiger partial charge in [-0.15, -0.1) is 5.06 Å². The van der Waals surface area contributed by atoms with Crippen LogP contribution in [0, 0.1) is 11.3 Å². The number of likely N-dealkylation sites (N-methyl/N-ethyl adjacent to an activating group) is 1. The first-order valence-corrected chi connectivity index (χ1v) is 15.8. The third kappa shape index (κ3) is 7.07. The Morgan fingerprint density at radius 2 is 1.83 bits per heavy atom. The van der Waals surface area contributed by atoms with Gasteiger partial charge in [-0.05, 0) is 56.1 Å². The molecule has 47 heavy (non-hydrogen) atoms. The number of hydrogen-bond donors (Lipinski definition) is 2. The van der Waals surface area contributed by atoms with E-state index >= 15 is 0 Å². The number of ether oxygens (including phenoxy) is 1. The number of nitrogen functional groups attached to an aromatic ring is 1. The SMILES string of the molecule is CN1CCC[C@H]1COc1nc(C(=O)Nc2cccc3cccc(Cl)c23)c(N)c(N2CCN(OC(=O)c3ccccc3)[C@@H](CC#N)C2)n1. The van der Waals surface area contributed by atoms with Gasteiger partial charge in [0.05, 0.1) is 41.4 Å². The number of benzene rings is 3. The van der Waals surface area contributed by atoms with Gasteiger partial charge in [0, 0.05) is 24.5 Å². The molecular formula is C34H35ClN8O4. The van der Waals surface area contributed by atoms with Crippen LogP contribution in [-0.4, -0.2) is 83.7 Å². The van der Waals surface area contributed by atoms with Crippen molar-refractivity contribution in [1.29, 1.82) is 5.26 Å². The van der Waals surface area contributed by atoms with Gasteiger partial charge in [-0.3, -0.25) is 4.79 Å². The standard InChI is InChI=1S/C34H35ClN8O4/c1-41-17-7-12-25(41)21-46-34-39-30(32(44)38-27-14-6-11-22-10-5-13-26(35)28(22)27)29(37)31(40-34)42-18-19-43(24(20-42)15-16-36)47-33(45)23-8-3-2-4-9-23/h2-6,8-11,13-14,24-25H,7,12,15,17-21,37H2,1H3,(H,38,44)/t24-,25-/m0/s1. The molecule has 2 fully saturated rings. The van der Waals surface area contributed by atoms with Crippen molar-refractivity contribution in [2.24, 2.45) is 0 Å². The van der Waals surface area contributed by atoms with Crippen molar-refractivity contribution in [3.8, 4) is 12.1 Å². The Balaban J connectivity index is 1.29. The Labute approximate surface area is 277 Å². The summed E-state index contributed by atoms with van der Waals surface area (Å²) in [6.07, 6.45) is 2.13. The molecule has 6 rings (SSSR count). The summed E-state index contributed by atoms with van der Waals surface area (Å²) < 4.78 is 6.09. The van der Waals surface area contributed by atoms with Crippen LogP contribution in [0.2, 0.25) is 5.02 Å². The van der Waals surface area contributed by atoms with E-state index in [-0.39, 0.29) is 42.9 Å². The summed E-state index contributed by atoms with van der Waals surface area (Å²) in [5, 5.41) is 16.1. The number of rotatable bonds is 9. The second-order valence-corrected chi connectivity index (χ2v) is 12.0. The number of fused-ring (bicyclic) bond motifs is 1. The molecule has 1 amide bonds. The predicted molar refractivity (Wildman–Crippen MR) is 179 cm³/mol. The monoisotopic (exact) mass is 654 g/mol. The molecule has 2 atom stereocenters. The largest absolute Gasteiger partial charge is 0.462 e.